The van der Waals surface area contributed by atoms with E-state index < -0.39 is 6.61 Å². The van der Waals surface area contributed by atoms with E-state index in [4.69, 9.17) is 0 Å². The zero-order valence-corrected chi connectivity index (χ0v) is 9.85. The Hall–Kier alpha value is -0.680. The first-order valence-corrected chi connectivity index (χ1v) is 5.37. The smallest absolute Gasteiger partial charge is 0.387 e. The summed E-state index contributed by atoms with van der Waals surface area (Å²) in [5.74, 6) is 0.202. The second kappa shape index (κ2) is 6.02. The molecule has 5 heteroatoms. The van der Waals surface area contributed by atoms with Gasteiger partial charge in [0.2, 0.25) is 0 Å². The molecule has 0 saturated heterocycles. The number of hydrogen-bond donors (Lipinski definition) is 1. The largest absolute Gasteiger partial charge is 0.433 e. The molecule has 0 aliphatic carbocycles. The molecule has 2 nitrogen and oxygen atoms in total. The van der Waals surface area contributed by atoms with Gasteiger partial charge in [0.05, 0.1) is 4.47 Å². The Morgan fingerprint density at radius 2 is 2.20 bits per heavy atom. The maximum Gasteiger partial charge on any atom is 0.387 e. The minimum Gasteiger partial charge on any atom is -0.433 e. The predicted molar refractivity (Wildman–Crippen MR) is 58.2 cm³/mol. The molecule has 1 N–H and O–H groups in total. The van der Waals surface area contributed by atoms with Crippen molar-refractivity contribution in [3.8, 4) is 5.75 Å². The fourth-order valence-corrected chi connectivity index (χ4v) is 1.67. The van der Waals surface area contributed by atoms with Gasteiger partial charge in [-0.2, -0.15) is 8.78 Å². The average molecular weight is 280 g/mol. The molecule has 0 unspecified atom stereocenters. The Kier molecular flexibility index (Phi) is 4.98. The van der Waals surface area contributed by atoms with Crippen LogP contribution in [0.1, 0.15) is 12.5 Å². The molecule has 0 radical (unpaired) electrons. The van der Waals surface area contributed by atoms with Crippen molar-refractivity contribution in [1.29, 1.82) is 0 Å². The number of halogens is 3. The second-order valence-electron chi connectivity index (χ2n) is 2.89. The van der Waals surface area contributed by atoms with Crippen molar-refractivity contribution >= 4 is 15.9 Å². The normalized spacial score (nSPS) is 10.7. The van der Waals surface area contributed by atoms with E-state index in [9.17, 15) is 8.78 Å². The van der Waals surface area contributed by atoms with Gasteiger partial charge in [-0.25, -0.2) is 0 Å². The molecular formula is C10H12BrF2NO. The summed E-state index contributed by atoms with van der Waals surface area (Å²) in [5.41, 5.74) is 0.714. The number of rotatable bonds is 5. The Morgan fingerprint density at radius 1 is 1.47 bits per heavy atom. The van der Waals surface area contributed by atoms with Gasteiger partial charge < -0.3 is 10.1 Å². The molecule has 0 aliphatic heterocycles. The van der Waals surface area contributed by atoms with E-state index in [0.29, 0.717) is 16.6 Å². The number of benzene rings is 1. The highest BCUT2D eigenvalue weighted by atomic mass is 79.9. The molecule has 1 rings (SSSR count). The Morgan fingerprint density at radius 3 is 2.80 bits per heavy atom. The quantitative estimate of drug-likeness (QED) is 0.894. The van der Waals surface area contributed by atoms with Crippen LogP contribution < -0.4 is 10.1 Å². The third-order valence-electron chi connectivity index (χ3n) is 1.82. The third kappa shape index (κ3) is 3.76. The lowest BCUT2D eigenvalue weighted by Gasteiger charge is -2.12. The minimum atomic E-state index is -2.80. The van der Waals surface area contributed by atoms with Crippen molar-refractivity contribution in [2.45, 2.75) is 20.1 Å². The van der Waals surface area contributed by atoms with E-state index in [1.165, 1.54) is 0 Å². The van der Waals surface area contributed by atoms with Gasteiger partial charge in [-0.15, -0.1) is 0 Å². The van der Waals surface area contributed by atoms with E-state index in [1.54, 1.807) is 18.2 Å². The van der Waals surface area contributed by atoms with Gasteiger partial charge in [0.1, 0.15) is 5.75 Å². The van der Waals surface area contributed by atoms with Crippen molar-refractivity contribution in [1.82, 2.24) is 5.32 Å². The molecule has 1 aromatic carbocycles. The first kappa shape index (κ1) is 12.4. The summed E-state index contributed by atoms with van der Waals surface area (Å²) in [7, 11) is 0. The van der Waals surface area contributed by atoms with Crippen LogP contribution in [0.25, 0.3) is 0 Å². The number of para-hydroxylation sites is 1. The SMILES string of the molecule is CCNCc1cccc(Br)c1OC(F)F. The summed E-state index contributed by atoms with van der Waals surface area (Å²) in [4.78, 5) is 0. The molecule has 0 spiro atoms. The van der Waals surface area contributed by atoms with E-state index in [-0.39, 0.29) is 5.75 Å². The van der Waals surface area contributed by atoms with Gasteiger partial charge in [0.25, 0.3) is 0 Å². The molecule has 0 aliphatic rings. The monoisotopic (exact) mass is 279 g/mol. The molecule has 0 fully saturated rings. The zero-order chi connectivity index (χ0) is 11.3. The molecule has 0 saturated carbocycles. The number of ether oxygens (including phenoxy) is 1. The van der Waals surface area contributed by atoms with Gasteiger partial charge in [-0.05, 0) is 28.5 Å². The maximum atomic E-state index is 12.1. The van der Waals surface area contributed by atoms with E-state index in [2.05, 4.69) is 26.0 Å². The molecule has 1 aromatic rings. The lowest BCUT2D eigenvalue weighted by Crippen LogP contribution is -2.14. The molecule has 0 amide bonds. The average Bonchev–Trinajstić information content (AvgIpc) is 2.18. The summed E-state index contributed by atoms with van der Waals surface area (Å²) in [6.45, 7) is 0.439. The van der Waals surface area contributed by atoms with Gasteiger partial charge in [0.15, 0.2) is 0 Å². The molecule has 0 bridgehead atoms. The van der Waals surface area contributed by atoms with Crippen LogP contribution in [0.4, 0.5) is 8.78 Å². The topological polar surface area (TPSA) is 21.3 Å². The lowest BCUT2D eigenvalue weighted by molar-refractivity contribution is -0.0510. The van der Waals surface area contributed by atoms with Gasteiger partial charge in [-0.1, -0.05) is 19.1 Å². The third-order valence-corrected chi connectivity index (χ3v) is 2.45. The van der Waals surface area contributed by atoms with Crippen molar-refractivity contribution in [3.05, 3.63) is 28.2 Å². The molecular weight excluding hydrogens is 268 g/mol. The highest BCUT2D eigenvalue weighted by Gasteiger charge is 2.12. The zero-order valence-electron chi connectivity index (χ0n) is 8.27. The highest BCUT2D eigenvalue weighted by Crippen LogP contribution is 2.30. The Labute approximate surface area is 95.8 Å². The van der Waals surface area contributed by atoms with E-state index in [1.807, 2.05) is 6.92 Å². The number of hydrogen-bond acceptors (Lipinski definition) is 2. The molecule has 0 atom stereocenters. The fraction of sp³-hybridized carbons (Fsp3) is 0.400. The van der Waals surface area contributed by atoms with Crippen molar-refractivity contribution in [2.75, 3.05) is 6.54 Å². The molecule has 84 valence electrons. The van der Waals surface area contributed by atoms with Crippen LogP contribution in [0.5, 0.6) is 5.75 Å². The van der Waals surface area contributed by atoms with Crippen LogP contribution in [-0.2, 0) is 6.54 Å². The number of alkyl halides is 2. The molecule has 15 heavy (non-hydrogen) atoms. The van der Waals surface area contributed by atoms with Gasteiger partial charge in [0, 0.05) is 12.1 Å². The Balaban J connectivity index is 2.87. The molecule has 0 aromatic heterocycles. The number of nitrogens with one attached hydrogen (secondary N) is 1. The van der Waals surface area contributed by atoms with Crippen molar-refractivity contribution in [3.63, 3.8) is 0 Å². The second-order valence-corrected chi connectivity index (χ2v) is 3.74. The first-order valence-electron chi connectivity index (χ1n) is 4.58. The van der Waals surface area contributed by atoms with Crippen LogP contribution in [0.15, 0.2) is 22.7 Å². The van der Waals surface area contributed by atoms with Crippen molar-refractivity contribution < 1.29 is 13.5 Å². The summed E-state index contributed by atoms with van der Waals surface area (Å²) >= 11 is 3.18. The highest BCUT2D eigenvalue weighted by molar-refractivity contribution is 9.10. The van der Waals surface area contributed by atoms with Crippen LogP contribution in [-0.4, -0.2) is 13.2 Å². The Bertz CT molecular complexity index is 320. The van der Waals surface area contributed by atoms with Crippen LogP contribution in [0, 0.1) is 0 Å². The van der Waals surface area contributed by atoms with Crippen LogP contribution >= 0.6 is 15.9 Å². The van der Waals surface area contributed by atoms with E-state index >= 15 is 0 Å². The fourth-order valence-electron chi connectivity index (χ4n) is 1.17. The lowest BCUT2D eigenvalue weighted by atomic mass is 10.2. The minimum absolute atomic E-state index is 0.202. The summed E-state index contributed by atoms with van der Waals surface area (Å²) in [6, 6.07) is 5.22. The summed E-state index contributed by atoms with van der Waals surface area (Å²) < 4.78 is 29.3. The summed E-state index contributed by atoms with van der Waals surface area (Å²) in [5, 5.41) is 3.06. The van der Waals surface area contributed by atoms with Crippen molar-refractivity contribution in [2.24, 2.45) is 0 Å². The van der Waals surface area contributed by atoms with Crippen LogP contribution in [0.3, 0.4) is 0 Å². The van der Waals surface area contributed by atoms with Crippen LogP contribution in [0.2, 0.25) is 0 Å². The van der Waals surface area contributed by atoms with Gasteiger partial charge >= 0.3 is 6.61 Å². The van der Waals surface area contributed by atoms with Gasteiger partial charge in [-0.3, -0.25) is 0 Å². The summed E-state index contributed by atoms with van der Waals surface area (Å²) in [6.07, 6.45) is 0. The maximum absolute atomic E-state index is 12.1. The first-order chi connectivity index (χ1) is 7.15. The molecule has 0 heterocycles. The predicted octanol–water partition coefficient (Wildman–Crippen LogP) is 3.16. The standard InChI is InChI=1S/C10H12BrF2NO/c1-2-14-6-7-4-3-5-8(11)9(7)15-10(12)13/h3-5,10,14H,2,6H2,1H3. The van der Waals surface area contributed by atoms with E-state index in [0.717, 1.165) is 6.54 Å².